The number of benzene rings is 1. The summed E-state index contributed by atoms with van der Waals surface area (Å²) in [5.41, 5.74) is 9.34. The summed E-state index contributed by atoms with van der Waals surface area (Å²) < 4.78 is 5.38. The fraction of sp³-hybridized carbons (Fsp3) is 0.571. The molecule has 0 radical (unpaired) electrons. The molecule has 0 bridgehead atoms. The summed E-state index contributed by atoms with van der Waals surface area (Å²) >= 11 is 0. The van der Waals surface area contributed by atoms with E-state index in [1.807, 2.05) is 13.0 Å². The van der Waals surface area contributed by atoms with Gasteiger partial charge in [-0.25, -0.2) is 0 Å². The summed E-state index contributed by atoms with van der Waals surface area (Å²) in [5, 5.41) is 0. The fourth-order valence-electron chi connectivity index (χ4n) is 1.80. The Morgan fingerprint density at radius 3 is 2.71 bits per heavy atom. The van der Waals surface area contributed by atoms with Crippen molar-refractivity contribution in [2.45, 2.75) is 27.3 Å². The minimum atomic E-state index is 0.782. The zero-order valence-electron chi connectivity index (χ0n) is 11.2. The predicted octanol–water partition coefficient (Wildman–Crippen LogP) is 2.44. The highest BCUT2D eigenvalue weighted by Gasteiger charge is 2.06. The van der Waals surface area contributed by atoms with Gasteiger partial charge in [-0.15, -0.1) is 0 Å². The van der Waals surface area contributed by atoms with Crippen LogP contribution in [0.5, 0.6) is 0 Å². The highest BCUT2D eigenvalue weighted by molar-refractivity contribution is 5.48. The average molecular weight is 236 g/mol. The third-order valence-electron chi connectivity index (χ3n) is 2.90. The normalized spacial score (nSPS) is 11.1. The number of nitrogens with two attached hydrogens (primary N) is 1. The first kappa shape index (κ1) is 14.0. The van der Waals surface area contributed by atoms with E-state index in [1.165, 1.54) is 11.1 Å². The van der Waals surface area contributed by atoms with Crippen LogP contribution in [0.15, 0.2) is 18.2 Å². The second-order valence-corrected chi connectivity index (χ2v) is 4.27. The number of likely N-dealkylation sites (N-methyl/N-ethyl adjacent to an activating group) is 1. The third-order valence-corrected chi connectivity index (χ3v) is 2.90. The Kier molecular flexibility index (Phi) is 6.01. The largest absolute Gasteiger partial charge is 0.398 e. The highest BCUT2D eigenvalue weighted by atomic mass is 16.5. The second-order valence-electron chi connectivity index (χ2n) is 4.27. The van der Waals surface area contributed by atoms with Crippen LogP contribution in [0.4, 0.5) is 5.69 Å². The van der Waals surface area contributed by atoms with E-state index in [9.17, 15) is 0 Å². The van der Waals surface area contributed by atoms with E-state index in [0.29, 0.717) is 0 Å². The molecule has 96 valence electrons. The summed E-state index contributed by atoms with van der Waals surface area (Å²) in [6.07, 6.45) is 0. The van der Waals surface area contributed by atoms with Crippen LogP contribution >= 0.6 is 0 Å². The Morgan fingerprint density at radius 2 is 2.06 bits per heavy atom. The lowest BCUT2D eigenvalue weighted by Gasteiger charge is -2.21. The van der Waals surface area contributed by atoms with E-state index in [2.05, 4.69) is 30.9 Å². The van der Waals surface area contributed by atoms with Gasteiger partial charge in [-0.2, -0.15) is 0 Å². The summed E-state index contributed by atoms with van der Waals surface area (Å²) in [6, 6.07) is 6.20. The first-order valence-electron chi connectivity index (χ1n) is 6.32. The van der Waals surface area contributed by atoms with Gasteiger partial charge in [0.25, 0.3) is 0 Å². The molecule has 0 saturated heterocycles. The molecule has 0 saturated carbocycles. The Bertz CT molecular complexity index is 339. The molecule has 1 aromatic rings. The Morgan fingerprint density at radius 1 is 1.29 bits per heavy atom. The van der Waals surface area contributed by atoms with E-state index in [4.69, 9.17) is 10.5 Å². The summed E-state index contributed by atoms with van der Waals surface area (Å²) in [6.45, 7) is 10.7. The van der Waals surface area contributed by atoms with E-state index in [-0.39, 0.29) is 0 Å². The van der Waals surface area contributed by atoms with Gasteiger partial charge in [-0.3, -0.25) is 4.90 Å². The van der Waals surface area contributed by atoms with E-state index in [1.54, 1.807) is 0 Å². The topological polar surface area (TPSA) is 38.5 Å². The van der Waals surface area contributed by atoms with Crippen LogP contribution in [0.1, 0.15) is 25.0 Å². The minimum Gasteiger partial charge on any atom is -0.398 e. The van der Waals surface area contributed by atoms with E-state index >= 15 is 0 Å². The molecule has 0 amide bonds. The number of nitrogens with zero attached hydrogens (tertiary/aromatic N) is 1. The maximum absolute atomic E-state index is 5.99. The van der Waals surface area contributed by atoms with Gasteiger partial charge in [-0.1, -0.05) is 24.6 Å². The van der Waals surface area contributed by atoms with Gasteiger partial charge in [0.05, 0.1) is 6.61 Å². The molecule has 0 aliphatic heterocycles. The van der Waals surface area contributed by atoms with Crippen molar-refractivity contribution in [1.29, 1.82) is 0 Å². The number of aryl methyl sites for hydroxylation is 1. The molecule has 0 atom stereocenters. The lowest BCUT2D eigenvalue weighted by molar-refractivity contribution is 0.113. The molecule has 3 nitrogen and oxygen atoms in total. The molecule has 3 heteroatoms. The lowest BCUT2D eigenvalue weighted by atomic mass is 10.1. The Balaban J connectivity index is 2.57. The molecular formula is C14H24N2O. The minimum absolute atomic E-state index is 0.782. The Labute approximate surface area is 105 Å². The number of ether oxygens (including phenoxy) is 1. The molecule has 1 aromatic carbocycles. The molecule has 0 spiro atoms. The standard InChI is InChI=1S/C14H24N2O/c1-4-16(8-9-17-5-2)11-13-10-12(3)6-7-14(13)15/h6-7,10H,4-5,8-9,11,15H2,1-3H3. The van der Waals surface area contributed by atoms with Crippen molar-refractivity contribution in [3.8, 4) is 0 Å². The number of anilines is 1. The number of rotatable bonds is 7. The average Bonchev–Trinajstić information content (AvgIpc) is 2.32. The van der Waals surface area contributed by atoms with Gasteiger partial charge < -0.3 is 10.5 Å². The highest BCUT2D eigenvalue weighted by Crippen LogP contribution is 2.15. The van der Waals surface area contributed by atoms with Crippen molar-refractivity contribution >= 4 is 5.69 Å². The predicted molar refractivity (Wildman–Crippen MR) is 73.0 cm³/mol. The van der Waals surface area contributed by atoms with E-state index in [0.717, 1.165) is 38.5 Å². The van der Waals surface area contributed by atoms with Crippen LogP contribution < -0.4 is 5.73 Å². The monoisotopic (exact) mass is 236 g/mol. The first-order valence-corrected chi connectivity index (χ1v) is 6.32. The number of hydrogen-bond donors (Lipinski definition) is 1. The van der Waals surface area contributed by atoms with Gasteiger partial charge >= 0.3 is 0 Å². The fourth-order valence-corrected chi connectivity index (χ4v) is 1.80. The van der Waals surface area contributed by atoms with Gasteiger partial charge in [0.15, 0.2) is 0 Å². The van der Waals surface area contributed by atoms with Crippen LogP contribution in [0.2, 0.25) is 0 Å². The maximum Gasteiger partial charge on any atom is 0.0593 e. The molecule has 0 aromatic heterocycles. The number of hydrogen-bond acceptors (Lipinski definition) is 3. The zero-order valence-corrected chi connectivity index (χ0v) is 11.2. The van der Waals surface area contributed by atoms with Crippen LogP contribution in [0, 0.1) is 6.92 Å². The molecule has 1 rings (SSSR count). The molecule has 2 N–H and O–H groups in total. The quantitative estimate of drug-likeness (QED) is 0.584. The van der Waals surface area contributed by atoms with Crippen molar-refractivity contribution in [2.24, 2.45) is 0 Å². The number of nitrogen functional groups attached to an aromatic ring is 1. The van der Waals surface area contributed by atoms with Crippen molar-refractivity contribution in [3.63, 3.8) is 0 Å². The van der Waals surface area contributed by atoms with Crippen molar-refractivity contribution in [1.82, 2.24) is 4.90 Å². The van der Waals surface area contributed by atoms with Crippen LogP contribution in [-0.2, 0) is 11.3 Å². The molecule has 17 heavy (non-hydrogen) atoms. The molecule has 0 fully saturated rings. The zero-order chi connectivity index (χ0) is 12.7. The third kappa shape index (κ3) is 4.75. The second kappa shape index (κ2) is 7.30. The molecular weight excluding hydrogens is 212 g/mol. The van der Waals surface area contributed by atoms with Gasteiger partial charge in [0.1, 0.15) is 0 Å². The van der Waals surface area contributed by atoms with Crippen LogP contribution in [0.25, 0.3) is 0 Å². The summed E-state index contributed by atoms with van der Waals surface area (Å²) in [5.74, 6) is 0. The molecule has 0 aliphatic rings. The first-order chi connectivity index (χ1) is 8.17. The summed E-state index contributed by atoms with van der Waals surface area (Å²) in [7, 11) is 0. The SMILES string of the molecule is CCOCCN(CC)Cc1cc(C)ccc1N. The van der Waals surface area contributed by atoms with Crippen molar-refractivity contribution < 1.29 is 4.74 Å². The Hall–Kier alpha value is -1.06. The molecule has 0 unspecified atom stereocenters. The lowest BCUT2D eigenvalue weighted by Crippen LogP contribution is -2.27. The van der Waals surface area contributed by atoms with Gasteiger partial charge in [0.2, 0.25) is 0 Å². The van der Waals surface area contributed by atoms with Gasteiger partial charge in [-0.05, 0) is 32.0 Å². The van der Waals surface area contributed by atoms with Crippen LogP contribution in [0.3, 0.4) is 0 Å². The molecule has 0 heterocycles. The maximum atomic E-state index is 5.99. The summed E-state index contributed by atoms with van der Waals surface area (Å²) in [4.78, 5) is 2.35. The molecule has 0 aliphatic carbocycles. The van der Waals surface area contributed by atoms with Crippen molar-refractivity contribution in [3.05, 3.63) is 29.3 Å². The van der Waals surface area contributed by atoms with Crippen LogP contribution in [-0.4, -0.2) is 31.2 Å². The smallest absolute Gasteiger partial charge is 0.0593 e. The van der Waals surface area contributed by atoms with Gasteiger partial charge in [0, 0.05) is 25.4 Å². The van der Waals surface area contributed by atoms with Crippen molar-refractivity contribution in [2.75, 3.05) is 32.0 Å². The van der Waals surface area contributed by atoms with E-state index < -0.39 is 0 Å².